The highest BCUT2D eigenvalue weighted by Gasteiger charge is 2.22. The van der Waals surface area contributed by atoms with Crippen LogP contribution in [0.1, 0.15) is 13.8 Å². The number of hydrogen-bond acceptors (Lipinski definition) is 4. The number of nitrogens with zero attached hydrogens (tertiary/aromatic N) is 1. The zero-order chi connectivity index (χ0) is 12.8. The van der Waals surface area contributed by atoms with Crippen LogP contribution in [0.2, 0.25) is 0 Å². The molecule has 2 atom stereocenters. The van der Waals surface area contributed by atoms with E-state index in [1.165, 1.54) is 0 Å². The minimum atomic E-state index is -0.889. The average Bonchev–Trinajstić information content (AvgIpc) is 2.28. The third-order valence-electron chi connectivity index (χ3n) is 3.11. The first-order valence-corrected chi connectivity index (χ1v) is 5.96. The van der Waals surface area contributed by atoms with Gasteiger partial charge in [-0.1, -0.05) is 0 Å². The van der Waals surface area contributed by atoms with Crippen molar-refractivity contribution < 1.29 is 14.7 Å². The smallest absolute Gasteiger partial charge is 0.308 e. The van der Waals surface area contributed by atoms with E-state index in [1.807, 2.05) is 0 Å². The van der Waals surface area contributed by atoms with Crippen LogP contribution in [0, 0.1) is 5.92 Å². The standard InChI is InChI=1S/C11H21N3O3/c1-8(11(16)17)9(2)13-10(15)7-14-5-3-12-4-6-14/h8-9,12H,3-7H2,1-2H3,(H,13,15)(H,16,17). The first kappa shape index (κ1) is 13.9. The van der Waals surface area contributed by atoms with E-state index >= 15 is 0 Å². The van der Waals surface area contributed by atoms with E-state index in [4.69, 9.17) is 5.11 Å². The topological polar surface area (TPSA) is 81.7 Å². The monoisotopic (exact) mass is 243 g/mol. The molecule has 2 unspecified atom stereocenters. The van der Waals surface area contributed by atoms with Crippen LogP contribution in [0.5, 0.6) is 0 Å². The van der Waals surface area contributed by atoms with Crippen LogP contribution in [-0.2, 0) is 9.59 Å². The summed E-state index contributed by atoms with van der Waals surface area (Å²) in [6.45, 7) is 7.17. The Hall–Kier alpha value is -1.14. The minimum Gasteiger partial charge on any atom is -0.481 e. The summed E-state index contributed by atoms with van der Waals surface area (Å²) in [7, 11) is 0. The molecule has 98 valence electrons. The maximum atomic E-state index is 11.7. The number of carboxylic acids is 1. The first-order chi connectivity index (χ1) is 8.00. The molecule has 0 bridgehead atoms. The largest absolute Gasteiger partial charge is 0.481 e. The lowest BCUT2D eigenvalue weighted by molar-refractivity contribution is -0.142. The number of nitrogens with one attached hydrogen (secondary N) is 2. The molecule has 0 aromatic rings. The number of amides is 1. The Labute approximate surface area is 101 Å². The summed E-state index contributed by atoms with van der Waals surface area (Å²) in [5, 5.41) is 14.8. The van der Waals surface area contributed by atoms with Gasteiger partial charge >= 0.3 is 5.97 Å². The van der Waals surface area contributed by atoms with Crippen molar-refractivity contribution in [1.29, 1.82) is 0 Å². The van der Waals surface area contributed by atoms with Gasteiger partial charge in [-0.15, -0.1) is 0 Å². The predicted molar refractivity (Wildman–Crippen MR) is 63.7 cm³/mol. The molecule has 0 aromatic carbocycles. The summed E-state index contributed by atoms with van der Waals surface area (Å²) in [6, 6.07) is -0.345. The summed E-state index contributed by atoms with van der Waals surface area (Å²) in [5.41, 5.74) is 0. The molecule has 0 aromatic heterocycles. The normalized spacial score (nSPS) is 20.6. The number of carbonyl (C=O) groups is 2. The fourth-order valence-electron chi connectivity index (χ4n) is 1.71. The van der Waals surface area contributed by atoms with Gasteiger partial charge in [0.05, 0.1) is 12.5 Å². The van der Waals surface area contributed by atoms with Gasteiger partial charge in [-0.3, -0.25) is 14.5 Å². The van der Waals surface area contributed by atoms with Crippen LogP contribution in [0.3, 0.4) is 0 Å². The van der Waals surface area contributed by atoms with Crippen LogP contribution in [0.15, 0.2) is 0 Å². The molecule has 1 rings (SSSR count). The van der Waals surface area contributed by atoms with Gasteiger partial charge in [0, 0.05) is 32.2 Å². The Balaban J connectivity index is 2.30. The van der Waals surface area contributed by atoms with Gasteiger partial charge in [0.15, 0.2) is 0 Å². The van der Waals surface area contributed by atoms with E-state index < -0.39 is 11.9 Å². The number of rotatable bonds is 5. The number of carbonyl (C=O) groups excluding carboxylic acids is 1. The van der Waals surface area contributed by atoms with Gasteiger partial charge in [0.2, 0.25) is 5.91 Å². The van der Waals surface area contributed by atoms with Gasteiger partial charge in [0.25, 0.3) is 0 Å². The number of aliphatic carboxylic acids is 1. The Morgan fingerprint density at radius 3 is 2.47 bits per heavy atom. The molecule has 6 heteroatoms. The second-order valence-electron chi connectivity index (χ2n) is 4.51. The molecule has 1 fully saturated rings. The molecule has 0 spiro atoms. The summed E-state index contributed by atoms with van der Waals surface area (Å²) < 4.78 is 0. The van der Waals surface area contributed by atoms with Crippen molar-refractivity contribution in [2.75, 3.05) is 32.7 Å². The van der Waals surface area contributed by atoms with Crippen molar-refractivity contribution in [2.45, 2.75) is 19.9 Å². The molecule has 1 aliphatic rings. The second kappa shape index (κ2) is 6.56. The fraction of sp³-hybridized carbons (Fsp3) is 0.818. The molecule has 1 amide bonds. The molecule has 1 aliphatic heterocycles. The lowest BCUT2D eigenvalue weighted by Gasteiger charge is -2.27. The SMILES string of the molecule is CC(NC(=O)CN1CCNCC1)C(C)C(=O)O. The summed E-state index contributed by atoms with van der Waals surface area (Å²) in [4.78, 5) is 24.5. The third kappa shape index (κ3) is 4.70. The quantitative estimate of drug-likeness (QED) is 0.584. The van der Waals surface area contributed by atoms with E-state index in [0.29, 0.717) is 6.54 Å². The highest BCUT2D eigenvalue weighted by Crippen LogP contribution is 2.02. The fourth-order valence-corrected chi connectivity index (χ4v) is 1.71. The molecule has 6 nitrogen and oxygen atoms in total. The van der Waals surface area contributed by atoms with Crippen LogP contribution in [0.25, 0.3) is 0 Å². The number of piperazine rings is 1. The second-order valence-corrected chi connectivity index (χ2v) is 4.51. The number of hydrogen-bond donors (Lipinski definition) is 3. The van der Waals surface area contributed by atoms with Gasteiger partial charge in [-0.05, 0) is 13.8 Å². The lowest BCUT2D eigenvalue weighted by Crippen LogP contribution is -2.49. The Kier molecular flexibility index (Phi) is 5.37. The van der Waals surface area contributed by atoms with Crippen molar-refractivity contribution in [1.82, 2.24) is 15.5 Å². The highest BCUT2D eigenvalue weighted by molar-refractivity contribution is 5.79. The average molecular weight is 243 g/mol. The maximum absolute atomic E-state index is 11.7. The molecule has 3 N–H and O–H groups in total. The summed E-state index contributed by atoms with van der Waals surface area (Å²) in [6.07, 6.45) is 0. The Morgan fingerprint density at radius 2 is 1.94 bits per heavy atom. The molecule has 0 radical (unpaired) electrons. The van der Waals surface area contributed by atoms with Gasteiger partial charge in [-0.2, -0.15) is 0 Å². The van der Waals surface area contributed by atoms with Crippen LogP contribution in [-0.4, -0.2) is 60.6 Å². The van der Waals surface area contributed by atoms with Gasteiger partial charge in [-0.25, -0.2) is 0 Å². The summed E-state index contributed by atoms with van der Waals surface area (Å²) in [5.74, 6) is -1.56. The number of carboxylic acid groups (broad SMARTS) is 1. The van der Waals surface area contributed by atoms with Crippen LogP contribution < -0.4 is 10.6 Å². The molecular weight excluding hydrogens is 222 g/mol. The molecule has 1 heterocycles. The van der Waals surface area contributed by atoms with Crippen molar-refractivity contribution in [2.24, 2.45) is 5.92 Å². The predicted octanol–water partition coefficient (Wildman–Crippen LogP) is -0.883. The van der Waals surface area contributed by atoms with E-state index in [2.05, 4.69) is 15.5 Å². The Bertz CT molecular complexity index is 277. The molecule has 0 aliphatic carbocycles. The van der Waals surface area contributed by atoms with Crippen molar-refractivity contribution >= 4 is 11.9 Å². The van der Waals surface area contributed by atoms with Gasteiger partial charge < -0.3 is 15.7 Å². The van der Waals surface area contributed by atoms with Crippen molar-refractivity contribution in [3.63, 3.8) is 0 Å². The Morgan fingerprint density at radius 1 is 1.35 bits per heavy atom. The maximum Gasteiger partial charge on any atom is 0.308 e. The third-order valence-corrected chi connectivity index (χ3v) is 3.11. The first-order valence-electron chi connectivity index (χ1n) is 5.96. The van der Waals surface area contributed by atoms with Crippen molar-refractivity contribution in [3.05, 3.63) is 0 Å². The lowest BCUT2D eigenvalue weighted by atomic mass is 10.0. The van der Waals surface area contributed by atoms with E-state index in [9.17, 15) is 9.59 Å². The molecule has 17 heavy (non-hydrogen) atoms. The van der Waals surface area contributed by atoms with Gasteiger partial charge in [0.1, 0.15) is 0 Å². The minimum absolute atomic E-state index is 0.104. The van der Waals surface area contributed by atoms with E-state index in [1.54, 1.807) is 13.8 Å². The zero-order valence-corrected chi connectivity index (χ0v) is 10.4. The van der Waals surface area contributed by atoms with Crippen LogP contribution >= 0.6 is 0 Å². The van der Waals surface area contributed by atoms with E-state index in [-0.39, 0.29) is 11.9 Å². The summed E-state index contributed by atoms with van der Waals surface area (Å²) >= 11 is 0. The molecule has 0 saturated carbocycles. The molecular formula is C11H21N3O3. The molecule has 1 saturated heterocycles. The van der Waals surface area contributed by atoms with Crippen molar-refractivity contribution in [3.8, 4) is 0 Å². The van der Waals surface area contributed by atoms with Crippen LogP contribution in [0.4, 0.5) is 0 Å². The van der Waals surface area contributed by atoms with E-state index in [0.717, 1.165) is 26.2 Å². The highest BCUT2D eigenvalue weighted by atomic mass is 16.4. The zero-order valence-electron chi connectivity index (χ0n) is 10.4.